The lowest BCUT2D eigenvalue weighted by Crippen LogP contribution is -2.29. The van der Waals surface area contributed by atoms with Crippen LogP contribution in [0.4, 0.5) is 18.9 Å². The van der Waals surface area contributed by atoms with E-state index in [0.717, 1.165) is 0 Å². The summed E-state index contributed by atoms with van der Waals surface area (Å²) in [5.41, 5.74) is 0.481. The Labute approximate surface area is 106 Å². The number of hydrogen-bond acceptors (Lipinski definition) is 3. The number of anilines is 1. The van der Waals surface area contributed by atoms with Gasteiger partial charge in [0.05, 0.1) is 18.3 Å². The minimum atomic E-state index is -4.93. The first-order chi connectivity index (χ1) is 8.91. The molecule has 4 nitrogen and oxygen atoms in total. The predicted octanol–water partition coefficient (Wildman–Crippen LogP) is 2.74. The summed E-state index contributed by atoms with van der Waals surface area (Å²) >= 11 is 0. The summed E-state index contributed by atoms with van der Waals surface area (Å²) in [6, 6.07) is 7.53. The first kappa shape index (κ1) is 13.1. The summed E-state index contributed by atoms with van der Waals surface area (Å²) in [7, 11) is 1.43. The molecule has 100 valence electrons. The molecule has 0 aliphatic rings. The summed E-state index contributed by atoms with van der Waals surface area (Å²) in [6.45, 7) is 0. The van der Waals surface area contributed by atoms with E-state index in [0.29, 0.717) is 16.8 Å². The lowest BCUT2D eigenvalue weighted by atomic mass is 10.2. The van der Waals surface area contributed by atoms with Gasteiger partial charge in [-0.1, -0.05) is 6.07 Å². The number of aromatic nitrogens is 1. The van der Waals surface area contributed by atoms with Crippen molar-refractivity contribution < 1.29 is 22.7 Å². The van der Waals surface area contributed by atoms with E-state index in [9.17, 15) is 18.0 Å². The van der Waals surface area contributed by atoms with Gasteiger partial charge in [0, 0.05) is 11.5 Å². The van der Waals surface area contributed by atoms with Crippen molar-refractivity contribution in [3.05, 3.63) is 30.3 Å². The van der Waals surface area contributed by atoms with Crippen molar-refractivity contribution in [1.82, 2.24) is 4.98 Å². The van der Waals surface area contributed by atoms with E-state index in [1.807, 2.05) is 5.32 Å². The van der Waals surface area contributed by atoms with Crippen LogP contribution < -0.4 is 10.1 Å². The molecule has 0 aliphatic heterocycles. The molecule has 1 N–H and O–H groups in total. The van der Waals surface area contributed by atoms with Gasteiger partial charge in [-0.25, -0.2) is 4.98 Å². The fourth-order valence-corrected chi connectivity index (χ4v) is 1.55. The van der Waals surface area contributed by atoms with E-state index in [1.165, 1.54) is 31.4 Å². The minimum absolute atomic E-state index is 0.0509. The number of carbonyl (C=O) groups excluding carboxylic acids is 1. The van der Waals surface area contributed by atoms with E-state index in [4.69, 9.17) is 4.74 Å². The Morgan fingerprint density at radius 2 is 2.00 bits per heavy atom. The Kier molecular flexibility index (Phi) is 3.28. The van der Waals surface area contributed by atoms with Crippen molar-refractivity contribution in [2.75, 3.05) is 12.4 Å². The molecule has 0 saturated carbocycles. The molecule has 1 aromatic carbocycles. The lowest BCUT2D eigenvalue weighted by molar-refractivity contribution is -0.167. The van der Waals surface area contributed by atoms with Gasteiger partial charge < -0.3 is 10.1 Å². The number of rotatable bonds is 2. The number of benzene rings is 1. The SMILES string of the molecule is COc1ccc2c(NC(=O)C(F)(F)F)cccc2n1. The third-order valence-corrected chi connectivity index (χ3v) is 2.42. The standard InChI is InChI=1S/C12H9F3N2O2/c1-19-10-6-5-7-8(16-10)3-2-4-9(7)17-11(18)12(13,14)15/h2-6H,1H3,(H,17,18). The maximum Gasteiger partial charge on any atom is 0.471 e. The summed E-state index contributed by atoms with van der Waals surface area (Å²) in [5, 5.41) is 2.22. The van der Waals surface area contributed by atoms with Gasteiger partial charge in [-0.2, -0.15) is 13.2 Å². The number of amides is 1. The topological polar surface area (TPSA) is 51.2 Å². The average molecular weight is 270 g/mol. The molecule has 1 heterocycles. The number of hydrogen-bond donors (Lipinski definition) is 1. The molecule has 0 unspecified atom stereocenters. The number of methoxy groups -OCH3 is 1. The molecule has 0 bridgehead atoms. The highest BCUT2D eigenvalue weighted by atomic mass is 19.4. The van der Waals surface area contributed by atoms with Crippen LogP contribution in [0.1, 0.15) is 0 Å². The highest BCUT2D eigenvalue weighted by molar-refractivity contribution is 6.03. The van der Waals surface area contributed by atoms with Crippen molar-refractivity contribution in [1.29, 1.82) is 0 Å². The van der Waals surface area contributed by atoms with E-state index in [-0.39, 0.29) is 5.69 Å². The molecule has 0 aliphatic carbocycles. The smallest absolute Gasteiger partial charge is 0.471 e. The van der Waals surface area contributed by atoms with Crippen molar-refractivity contribution in [2.45, 2.75) is 6.18 Å². The van der Waals surface area contributed by atoms with Gasteiger partial charge in [0.25, 0.3) is 0 Å². The van der Waals surface area contributed by atoms with Crippen molar-refractivity contribution in [2.24, 2.45) is 0 Å². The summed E-state index contributed by atoms with van der Waals surface area (Å²) in [4.78, 5) is 15.0. The Morgan fingerprint density at radius 1 is 1.26 bits per heavy atom. The van der Waals surface area contributed by atoms with Crippen LogP contribution >= 0.6 is 0 Å². The van der Waals surface area contributed by atoms with E-state index < -0.39 is 12.1 Å². The van der Waals surface area contributed by atoms with Gasteiger partial charge in [-0.15, -0.1) is 0 Å². The van der Waals surface area contributed by atoms with Crippen LogP contribution in [-0.2, 0) is 4.79 Å². The Morgan fingerprint density at radius 3 is 2.63 bits per heavy atom. The van der Waals surface area contributed by atoms with Crippen molar-refractivity contribution in [3.8, 4) is 5.88 Å². The third kappa shape index (κ3) is 2.75. The molecule has 0 spiro atoms. The zero-order valence-corrected chi connectivity index (χ0v) is 9.78. The van der Waals surface area contributed by atoms with Gasteiger partial charge in [-0.05, 0) is 18.2 Å². The second-order valence-electron chi connectivity index (χ2n) is 3.68. The average Bonchev–Trinajstić information content (AvgIpc) is 2.37. The quantitative estimate of drug-likeness (QED) is 0.912. The van der Waals surface area contributed by atoms with Gasteiger partial charge in [0.1, 0.15) is 0 Å². The molecule has 1 aromatic heterocycles. The Bertz CT molecular complexity index is 626. The highest BCUT2D eigenvalue weighted by Gasteiger charge is 2.38. The second-order valence-corrected chi connectivity index (χ2v) is 3.68. The van der Waals surface area contributed by atoms with Crippen molar-refractivity contribution in [3.63, 3.8) is 0 Å². The first-order valence-electron chi connectivity index (χ1n) is 5.24. The summed E-state index contributed by atoms with van der Waals surface area (Å²) in [5.74, 6) is -1.68. The second kappa shape index (κ2) is 4.75. The maximum absolute atomic E-state index is 12.2. The number of carbonyl (C=O) groups is 1. The van der Waals surface area contributed by atoms with Gasteiger partial charge in [0.2, 0.25) is 5.88 Å². The highest BCUT2D eigenvalue weighted by Crippen LogP contribution is 2.26. The van der Waals surface area contributed by atoms with E-state index in [1.54, 1.807) is 6.07 Å². The number of pyridine rings is 1. The number of halogens is 3. The van der Waals surface area contributed by atoms with Crippen LogP contribution in [0.3, 0.4) is 0 Å². The fourth-order valence-electron chi connectivity index (χ4n) is 1.55. The number of nitrogens with zero attached hydrogens (tertiary/aromatic N) is 1. The number of fused-ring (bicyclic) bond motifs is 1. The third-order valence-electron chi connectivity index (χ3n) is 2.42. The molecule has 0 atom stereocenters. The molecule has 19 heavy (non-hydrogen) atoms. The van der Waals surface area contributed by atoms with Crippen LogP contribution in [0.25, 0.3) is 10.9 Å². The number of alkyl halides is 3. The Hall–Kier alpha value is -2.31. The summed E-state index contributed by atoms with van der Waals surface area (Å²) in [6.07, 6.45) is -4.93. The molecule has 0 fully saturated rings. The largest absolute Gasteiger partial charge is 0.481 e. The van der Waals surface area contributed by atoms with E-state index >= 15 is 0 Å². The molecule has 0 radical (unpaired) electrons. The molecular weight excluding hydrogens is 261 g/mol. The fraction of sp³-hybridized carbons (Fsp3) is 0.167. The minimum Gasteiger partial charge on any atom is -0.481 e. The van der Waals surface area contributed by atoms with Gasteiger partial charge in [-0.3, -0.25) is 4.79 Å². The monoisotopic (exact) mass is 270 g/mol. The van der Waals surface area contributed by atoms with Crippen LogP contribution in [0.15, 0.2) is 30.3 Å². The molecule has 2 rings (SSSR count). The van der Waals surface area contributed by atoms with Gasteiger partial charge >= 0.3 is 12.1 Å². The zero-order valence-electron chi connectivity index (χ0n) is 9.78. The van der Waals surface area contributed by atoms with Crippen molar-refractivity contribution >= 4 is 22.5 Å². The molecule has 2 aromatic rings. The molecule has 1 amide bonds. The number of ether oxygens (including phenoxy) is 1. The van der Waals surface area contributed by atoms with Crippen LogP contribution in [0, 0.1) is 0 Å². The van der Waals surface area contributed by atoms with Crippen LogP contribution in [-0.4, -0.2) is 24.2 Å². The molecule has 0 saturated heterocycles. The normalized spacial score (nSPS) is 11.4. The maximum atomic E-state index is 12.2. The summed E-state index contributed by atoms with van der Waals surface area (Å²) < 4.78 is 41.5. The molecule has 7 heteroatoms. The van der Waals surface area contributed by atoms with Crippen LogP contribution in [0.2, 0.25) is 0 Å². The van der Waals surface area contributed by atoms with Crippen LogP contribution in [0.5, 0.6) is 5.88 Å². The van der Waals surface area contributed by atoms with E-state index in [2.05, 4.69) is 4.98 Å². The lowest BCUT2D eigenvalue weighted by Gasteiger charge is -2.10. The predicted molar refractivity (Wildman–Crippen MR) is 63.0 cm³/mol. The zero-order chi connectivity index (χ0) is 14.0. The van der Waals surface area contributed by atoms with Gasteiger partial charge in [0.15, 0.2) is 0 Å². The number of nitrogens with one attached hydrogen (secondary N) is 1. The molecular formula is C12H9F3N2O2. The first-order valence-corrected chi connectivity index (χ1v) is 5.24. The Balaban J connectivity index is 2.42.